The molecule has 1 atom stereocenters. The summed E-state index contributed by atoms with van der Waals surface area (Å²) in [5.74, 6) is 0.917. The molecule has 1 N–H and O–H groups in total. The summed E-state index contributed by atoms with van der Waals surface area (Å²) in [5, 5.41) is 2.68. The number of nitrogens with one attached hydrogen (secondary N) is 1. The zero-order valence-corrected chi connectivity index (χ0v) is 14.9. The van der Waals surface area contributed by atoms with Crippen LogP contribution >= 0.6 is 0 Å². The number of hydrogen-bond donors (Lipinski definition) is 1. The molecule has 0 fully saturated rings. The molecule has 2 aromatic rings. The first-order valence-electron chi connectivity index (χ1n) is 8.72. The number of fused-ring (bicyclic) bond motifs is 1. The van der Waals surface area contributed by atoms with E-state index in [1.165, 1.54) is 12.1 Å². The van der Waals surface area contributed by atoms with Gasteiger partial charge >= 0.3 is 0 Å². The van der Waals surface area contributed by atoms with Crippen molar-refractivity contribution in [3.05, 3.63) is 65.0 Å². The number of halogens is 1. The van der Waals surface area contributed by atoms with Crippen LogP contribution in [-0.4, -0.2) is 18.6 Å². The van der Waals surface area contributed by atoms with Gasteiger partial charge in [0.25, 0.3) is 0 Å². The van der Waals surface area contributed by atoms with E-state index in [0.29, 0.717) is 12.2 Å². The molecule has 1 aliphatic rings. The van der Waals surface area contributed by atoms with Crippen LogP contribution in [0.15, 0.2) is 42.5 Å². The molecule has 4 nitrogen and oxygen atoms in total. The number of carbonyl (C=O) groups excluding carboxylic acids is 1. The van der Waals surface area contributed by atoms with Gasteiger partial charge in [0.15, 0.2) is 0 Å². The number of rotatable bonds is 6. The summed E-state index contributed by atoms with van der Waals surface area (Å²) < 4.78 is 25.0. The second kappa shape index (κ2) is 8.04. The zero-order valence-electron chi connectivity index (χ0n) is 14.9. The normalized spacial score (nSPS) is 15.6. The lowest BCUT2D eigenvalue weighted by Gasteiger charge is -2.10. The lowest BCUT2D eigenvalue weighted by molar-refractivity contribution is -0.116. The molecule has 1 aliphatic heterocycles. The fourth-order valence-corrected chi connectivity index (χ4v) is 2.91. The minimum atomic E-state index is -0.333. The van der Waals surface area contributed by atoms with E-state index >= 15 is 0 Å². The molecule has 136 valence electrons. The van der Waals surface area contributed by atoms with Gasteiger partial charge in [-0.1, -0.05) is 18.2 Å². The maximum atomic E-state index is 13.6. The topological polar surface area (TPSA) is 47.6 Å². The molecule has 0 bridgehead atoms. The van der Waals surface area contributed by atoms with Crippen LogP contribution in [0, 0.1) is 5.82 Å². The third kappa shape index (κ3) is 4.23. The van der Waals surface area contributed by atoms with Gasteiger partial charge < -0.3 is 14.8 Å². The maximum absolute atomic E-state index is 13.6. The molecule has 1 amide bonds. The Morgan fingerprint density at radius 3 is 2.96 bits per heavy atom. The van der Waals surface area contributed by atoms with Crippen molar-refractivity contribution < 1.29 is 18.7 Å². The minimum Gasteiger partial charge on any atom is -0.493 e. The van der Waals surface area contributed by atoms with Gasteiger partial charge in [0, 0.05) is 35.7 Å². The minimum absolute atomic E-state index is 0.138. The third-order valence-electron chi connectivity index (χ3n) is 4.15. The van der Waals surface area contributed by atoms with Crippen molar-refractivity contribution in [2.75, 3.05) is 6.61 Å². The lowest BCUT2D eigenvalue weighted by Crippen LogP contribution is -2.20. The number of amides is 1. The lowest BCUT2D eigenvalue weighted by atomic mass is 10.1. The first kappa shape index (κ1) is 18.0. The van der Waals surface area contributed by atoms with E-state index in [4.69, 9.17) is 9.47 Å². The summed E-state index contributed by atoms with van der Waals surface area (Å²) in [6.45, 7) is 4.61. The summed E-state index contributed by atoms with van der Waals surface area (Å²) in [6, 6.07) is 10.2. The summed E-state index contributed by atoms with van der Waals surface area (Å²) >= 11 is 0. The molecular weight excluding hydrogens is 333 g/mol. The van der Waals surface area contributed by atoms with Crippen LogP contribution in [0.5, 0.6) is 11.5 Å². The van der Waals surface area contributed by atoms with Gasteiger partial charge in [-0.3, -0.25) is 4.79 Å². The SMILES string of the molecule is CCOc1cc2c(cc1C=CC(=O)NCc1ccccc1F)OC(C)C2. The molecule has 1 unspecified atom stereocenters. The second-order valence-corrected chi connectivity index (χ2v) is 6.21. The van der Waals surface area contributed by atoms with E-state index in [0.717, 1.165) is 29.0 Å². The molecule has 2 aromatic carbocycles. The fraction of sp³-hybridized carbons (Fsp3) is 0.286. The van der Waals surface area contributed by atoms with Gasteiger partial charge in [0.1, 0.15) is 23.4 Å². The predicted octanol–water partition coefficient (Wildman–Crippen LogP) is 3.88. The molecule has 0 aromatic heterocycles. The zero-order chi connectivity index (χ0) is 18.5. The Morgan fingerprint density at radius 1 is 1.38 bits per heavy atom. The van der Waals surface area contributed by atoms with Crippen LogP contribution in [-0.2, 0) is 17.8 Å². The van der Waals surface area contributed by atoms with E-state index < -0.39 is 0 Å². The highest BCUT2D eigenvalue weighted by atomic mass is 19.1. The summed E-state index contributed by atoms with van der Waals surface area (Å²) in [7, 11) is 0. The Hall–Kier alpha value is -2.82. The Balaban J connectivity index is 1.70. The molecule has 0 saturated carbocycles. The van der Waals surface area contributed by atoms with Crippen LogP contribution in [0.3, 0.4) is 0 Å². The van der Waals surface area contributed by atoms with Crippen molar-refractivity contribution in [2.24, 2.45) is 0 Å². The van der Waals surface area contributed by atoms with Gasteiger partial charge in [-0.05, 0) is 38.1 Å². The monoisotopic (exact) mass is 355 g/mol. The van der Waals surface area contributed by atoms with Gasteiger partial charge in [-0.15, -0.1) is 0 Å². The smallest absolute Gasteiger partial charge is 0.244 e. The Bertz CT molecular complexity index is 832. The van der Waals surface area contributed by atoms with Crippen molar-refractivity contribution in [3.8, 4) is 11.5 Å². The van der Waals surface area contributed by atoms with Crippen molar-refractivity contribution in [1.29, 1.82) is 0 Å². The molecule has 1 heterocycles. The highest BCUT2D eigenvalue weighted by Crippen LogP contribution is 2.35. The van der Waals surface area contributed by atoms with Crippen LogP contribution in [0.2, 0.25) is 0 Å². The molecule has 5 heteroatoms. The highest BCUT2D eigenvalue weighted by Gasteiger charge is 2.21. The maximum Gasteiger partial charge on any atom is 0.244 e. The Labute approximate surface area is 152 Å². The van der Waals surface area contributed by atoms with Crippen molar-refractivity contribution in [3.63, 3.8) is 0 Å². The number of ether oxygens (including phenoxy) is 2. The van der Waals surface area contributed by atoms with Crippen LogP contribution in [0.25, 0.3) is 6.08 Å². The van der Waals surface area contributed by atoms with Crippen molar-refractivity contribution >= 4 is 12.0 Å². The first-order chi connectivity index (χ1) is 12.6. The van der Waals surface area contributed by atoms with Crippen molar-refractivity contribution in [1.82, 2.24) is 5.32 Å². The van der Waals surface area contributed by atoms with Crippen LogP contribution in [0.1, 0.15) is 30.5 Å². The van der Waals surface area contributed by atoms with E-state index in [1.54, 1.807) is 24.3 Å². The predicted molar refractivity (Wildman–Crippen MR) is 98.7 cm³/mol. The molecular formula is C21H22FNO3. The van der Waals surface area contributed by atoms with Crippen molar-refractivity contribution in [2.45, 2.75) is 32.9 Å². The molecule has 0 saturated heterocycles. The average molecular weight is 355 g/mol. The van der Waals surface area contributed by atoms with Gasteiger partial charge in [0.2, 0.25) is 5.91 Å². The van der Waals surface area contributed by atoms with Gasteiger partial charge in [-0.25, -0.2) is 4.39 Å². The summed E-state index contributed by atoms with van der Waals surface area (Å²) in [5.41, 5.74) is 2.34. The Kier molecular flexibility index (Phi) is 5.56. The third-order valence-corrected chi connectivity index (χ3v) is 4.15. The van der Waals surface area contributed by atoms with E-state index in [-0.39, 0.29) is 24.4 Å². The second-order valence-electron chi connectivity index (χ2n) is 6.21. The molecule has 26 heavy (non-hydrogen) atoms. The number of benzene rings is 2. The molecule has 3 rings (SSSR count). The number of hydrogen-bond acceptors (Lipinski definition) is 3. The van der Waals surface area contributed by atoms with Crippen LogP contribution in [0.4, 0.5) is 4.39 Å². The first-order valence-corrected chi connectivity index (χ1v) is 8.72. The van der Waals surface area contributed by atoms with Gasteiger partial charge in [-0.2, -0.15) is 0 Å². The quantitative estimate of drug-likeness (QED) is 0.800. The summed E-state index contributed by atoms with van der Waals surface area (Å²) in [4.78, 5) is 12.1. The molecule has 0 radical (unpaired) electrons. The van der Waals surface area contributed by atoms with Crippen LogP contribution < -0.4 is 14.8 Å². The highest BCUT2D eigenvalue weighted by molar-refractivity contribution is 5.92. The largest absolute Gasteiger partial charge is 0.493 e. The summed E-state index contributed by atoms with van der Waals surface area (Å²) in [6.07, 6.45) is 4.10. The van der Waals surface area contributed by atoms with E-state index in [2.05, 4.69) is 5.32 Å². The molecule has 0 spiro atoms. The fourth-order valence-electron chi connectivity index (χ4n) is 2.91. The standard InChI is InChI=1S/C21H22FNO3/c1-3-25-19-12-17-10-14(2)26-20(17)11-15(19)8-9-21(24)23-13-16-6-4-5-7-18(16)22/h4-9,11-12,14H,3,10,13H2,1-2H3,(H,23,24). The van der Waals surface area contributed by atoms with E-state index in [9.17, 15) is 9.18 Å². The Morgan fingerprint density at radius 2 is 2.19 bits per heavy atom. The van der Waals surface area contributed by atoms with E-state index in [1.807, 2.05) is 26.0 Å². The molecule has 0 aliphatic carbocycles. The van der Waals surface area contributed by atoms with Gasteiger partial charge in [0.05, 0.1) is 6.61 Å². The average Bonchev–Trinajstić information content (AvgIpc) is 2.98. The number of carbonyl (C=O) groups is 1.